The molecular weight excluding hydrogens is 412 g/mol. The van der Waals surface area contributed by atoms with Gasteiger partial charge in [-0.15, -0.1) is 0 Å². The number of amides is 1. The Morgan fingerprint density at radius 2 is 1.88 bits per heavy atom. The van der Waals surface area contributed by atoms with Gasteiger partial charge in [0.25, 0.3) is 11.7 Å². The molecule has 8 heteroatoms. The third-order valence-electron chi connectivity index (χ3n) is 5.71. The zero-order valence-electron chi connectivity index (χ0n) is 18.2. The highest BCUT2D eigenvalue weighted by Gasteiger charge is 2.47. The molecule has 2 aromatic rings. The van der Waals surface area contributed by atoms with E-state index in [1.54, 1.807) is 36.4 Å². The Labute approximate surface area is 187 Å². The van der Waals surface area contributed by atoms with Crippen molar-refractivity contribution < 1.29 is 28.6 Å². The average Bonchev–Trinajstić information content (AvgIpc) is 3.44. The monoisotopic (exact) mass is 440 g/mol. The molecule has 1 amide bonds. The van der Waals surface area contributed by atoms with E-state index in [1.165, 1.54) is 11.2 Å². The van der Waals surface area contributed by atoms with Crippen LogP contribution >= 0.6 is 0 Å². The van der Waals surface area contributed by atoms with Crippen molar-refractivity contribution in [2.45, 2.75) is 19.4 Å². The van der Waals surface area contributed by atoms with E-state index in [1.807, 2.05) is 6.92 Å². The lowest BCUT2D eigenvalue weighted by Crippen LogP contribution is -2.42. The Hall–Kier alpha value is -3.10. The molecule has 170 valence electrons. The van der Waals surface area contributed by atoms with E-state index < -0.39 is 17.7 Å². The number of aliphatic hydroxyl groups excluding tert-OH is 1. The fraction of sp³-hybridized carbons (Fsp3) is 0.417. The number of Topliss-reactive ketones (excluding diaryl/α,β-unsaturated/α-hetero) is 1. The normalized spacial score (nSPS) is 21.3. The zero-order chi connectivity index (χ0) is 22.5. The van der Waals surface area contributed by atoms with Crippen LogP contribution in [0.2, 0.25) is 0 Å². The summed E-state index contributed by atoms with van der Waals surface area (Å²) < 4.78 is 16.5. The van der Waals surface area contributed by atoms with Crippen LogP contribution in [0.4, 0.5) is 0 Å². The van der Waals surface area contributed by atoms with Crippen LogP contribution < -0.4 is 4.74 Å². The Balaban J connectivity index is 1.63. The SMILES string of the molecule is CCCOc1ccc(/C(O)=C2\C(=O)C(=O)N(CCN3CCOCC3)C2c2ccco2)cc1. The molecule has 2 fully saturated rings. The lowest BCUT2D eigenvalue weighted by atomic mass is 9.99. The predicted molar refractivity (Wildman–Crippen MR) is 117 cm³/mol. The maximum Gasteiger partial charge on any atom is 0.295 e. The first-order chi connectivity index (χ1) is 15.6. The molecule has 3 heterocycles. The van der Waals surface area contributed by atoms with Crippen molar-refractivity contribution in [1.82, 2.24) is 9.80 Å². The average molecular weight is 440 g/mol. The number of furan rings is 1. The summed E-state index contributed by atoms with van der Waals surface area (Å²) in [6.07, 6.45) is 2.38. The van der Waals surface area contributed by atoms with Crippen LogP contribution in [0.5, 0.6) is 5.75 Å². The number of hydrogen-bond donors (Lipinski definition) is 1. The van der Waals surface area contributed by atoms with Gasteiger partial charge >= 0.3 is 0 Å². The summed E-state index contributed by atoms with van der Waals surface area (Å²) in [5.74, 6) is -0.450. The van der Waals surface area contributed by atoms with Gasteiger partial charge in [-0.25, -0.2) is 0 Å². The van der Waals surface area contributed by atoms with Crippen molar-refractivity contribution >= 4 is 17.4 Å². The van der Waals surface area contributed by atoms with Gasteiger partial charge in [-0.05, 0) is 42.8 Å². The largest absolute Gasteiger partial charge is 0.507 e. The second-order valence-electron chi connectivity index (χ2n) is 7.83. The summed E-state index contributed by atoms with van der Waals surface area (Å²) >= 11 is 0. The molecule has 4 rings (SSSR count). The minimum Gasteiger partial charge on any atom is -0.507 e. The number of ether oxygens (including phenoxy) is 2. The summed E-state index contributed by atoms with van der Waals surface area (Å²) in [5.41, 5.74) is 0.478. The van der Waals surface area contributed by atoms with Crippen LogP contribution in [0, 0.1) is 0 Å². The maximum absolute atomic E-state index is 13.0. The van der Waals surface area contributed by atoms with E-state index in [2.05, 4.69) is 4.90 Å². The predicted octanol–water partition coefficient (Wildman–Crippen LogP) is 2.82. The van der Waals surface area contributed by atoms with Gasteiger partial charge in [0.05, 0.1) is 31.7 Å². The van der Waals surface area contributed by atoms with Crippen LogP contribution in [-0.2, 0) is 14.3 Å². The van der Waals surface area contributed by atoms with E-state index in [0.717, 1.165) is 19.5 Å². The Morgan fingerprint density at radius 3 is 2.53 bits per heavy atom. The summed E-state index contributed by atoms with van der Waals surface area (Å²) in [5, 5.41) is 11.0. The molecule has 1 unspecified atom stereocenters. The van der Waals surface area contributed by atoms with Crippen LogP contribution in [0.3, 0.4) is 0 Å². The van der Waals surface area contributed by atoms with Crippen molar-refractivity contribution in [2.75, 3.05) is 46.0 Å². The first-order valence-corrected chi connectivity index (χ1v) is 10.9. The fourth-order valence-electron chi connectivity index (χ4n) is 4.01. The molecule has 2 aliphatic rings. The number of benzene rings is 1. The highest BCUT2D eigenvalue weighted by molar-refractivity contribution is 6.46. The highest BCUT2D eigenvalue weighted by Crippen LogP contribution is 2.39. The van der Waals surface area contributed by atoms with Crippen LogP contribution in [-0.4, -0.2) is 72.6 Å². The summed E-state index contributed by atoms with van der Waals surface area (Å²) in [4.78, 5) is 29.6. The summed E-state index contributed by atoms with van der Waals surface area (Å²) in [6, 6.07) is 9.48. The van der Waals surface area contributed by atoms with Gasteiger partial charge in [-0.2, -0.15) is 0 Å². The van der Waals surface area contributed by atoms with Crippen molar-refractivity contribution in [3.63, 3.8) is 0 Å². The number of hydrogen-bond acceptors (Lipinski definition) is 7. The van der Waals surface area contributed by atoms with Crippen molar-refractivity contribution in [3.8, 4) is 5.75 Å². The molecule has 2 saturated heterocycles. The smallest absolute Gasteiger partial charge is 0.295 e. The molecule has 1 N–H and O–H groups in total. The highest BCUT2D eigenvalue weighted by atomic mass is 16.5. The molecule has 1 atom stereocenters. The van der Waals surface area contributed by atoms with E-state index in [9.17, 15) is 14.7 Å². The summed E-state index contributed by atoms with van der Waals surface area (Å²) in [7, 11) is 0. The van der Waals surface area contributed by atoms with Gasteiger partial charge in [0.15, 0.2) is 0 Å². The number of aliphatic hydroxyl groups is 1. The Morgan fingerprint density at radius 1 is 1.12 bits per heavy atom. The van der Waals surface area contributed by atoms with E-state index >= 15 is 0 Å². The molecule has 1 aromatic heterocycles. The fourth-order valence-corrected chi connectivity index (χ4v) is 4.01. The second kappa shape index (κ2) is 10.0. The van der Waals surface area contributed by atoms with Gasteiger partial charge < -0.3 is 23.9 Å². The quantitative estimate of drug-likeness (QED) is 0.383. The minimum atomic E-state index is -0.776. The zero-order valence-corrected chi connectivity index (χ0v) is 18.2. The lowest BCUT2D eigenvalue weighted by Gasteiger charge is -2.30. The van der Waals surface area contributed by atoms with E-state index in [-0.39, 0.29) is 11.3 Å². The first-order valence-electron chi connectivity index (χ1n) is 10.9. The first kappa shape index (κ1) is 22.1. The molecule has 8 nitrogen and oxygen atoms in total. The van der Waals surface area contributed by atoms with Crippen LogP contribution in [0.15, 0.2) is 52.7 Å². The molecule has 0 bridgehead atoms. The van der Waals surface area contributed by atoms with E-state index in [4.69, 9.17) is 13.9 Å². The lowest BCUT2D eigenvalue weighted by molar-refractivity contribution is -0.140. The van der Waals surface area contributed by atoms with E-state index in [0.29, 0.717) is 50.0 Å². The van der Waals surface area contributed by atoms with Gasteiger partial charge in [0.1, 0.15) is 23.3 Å². The van der Waals surface area contributed by atoms with Gasteiger partial charge in [-0.1, -0.05) is 6.92 Å². The van der Waals surface area contributed by atoms with Crippen molar-refractivity contribution in [3.05, 3.63) is 59.6 Å². The van der Waals surface area contributed by atoms with Gasteiger partial charge in [0.2, 0.25) is 0 Å². The molecule has 1 aromatic carbocycles. The topological polar surface area (TPSA) is 92.5 Å². The third kappa shape index (κ3) is 4.56. The van der Waals surface area contributed by atoms with Crippen LogP contribution in [0.25, 0.3) is 5.76 Å². The molecule has 0 spiro atoms. The number of ketones is 1. The number of morpholine rings is 1. The number of rotatable bonds is 8. The standard InChI is InChI=1S/C24H28N2O6/c1-2-13-31-18-7-5-17(6-8-18)22(27)20-21(19-4-3-14-32-19)26(24(29)23(20)28)10-9-25-11-15-30-16-12-25/h3-8,14,21,27H,2,9-13,15-16H2,1H3/b22-20+. The van der Waals surface area contributed by atoms with Gasteiger partial charge in [0, 0.05) is 31.7 Å². The third-order valence-corrected chi connectivity index (χ3v) is 5.71. The van der Waals surface area contributed by atoms with Crippen LogP contribution in [0.1, 0.15) is 30.7 Å². The Bertz CT molecular complexity index is 961. The van der Waals surface area contributed by atoms with Gasteiger partial charge in [-0.3, -0.25) is 14.5 Å². The van der Waals surface area contributed by atoms with Crippen molar-refractivity contribution in [1.29, 1.82) is 0 Å². The number of likely N-dealkylation sites (tertiary alicyclic amines) is 1. The molecule has 0 saturated carbocycles. The number of carbonyl (C=O) groups excluding carboxylic acids is 2. The maximum atomic E-state index is 13.0. The minimum absolute atomic E-state index is 0.0363. The number of nitrogens with zero attached hydrogens (tertiary/aromatic N) is 2. The molecule has 32 heavy (non-hydrogen) atoms. The Kier molecular flexibility index (Phi) is 6.92. The second-order valence-corrected chi connectivity index (χ2v) is 7.83. The molecule has 0 radical (unpaired) electrons. The molecule has 0 aliphatic carbocycles. The molecule has 2 aliphatic heterocycles. The molecular formula is C24H28N2O6. The van der Waals surface area contributed by atoms with Crippen molar-refractivity contribution in [2.24, 2.45) is 0 Å². The number of carbonyl (C=O) groups is 2. The summed E-state index contributed by atoms with van der Waals surface area (Å²) in [6.45, 7) is 6.43.